The zero-order valence-electron chi connectivity index (χ0n) is 20.5. The second kappa shape index (κ2) is 12.2. The number of nitrogens with one attached hydrogen (secondary N) is 2. The van der Waals surface area contributed by atoms with E-state index >= 15 is 0 Å². The third-order valence-corrected chi connectivity index (χ3v) is 6.58. The molecule has 3 amide bonds. The molecule has 0 aromatic carbocycles. The fourth-order valence-corrected chi connectivity index (χ4v) is 4.74. The number of carbonyl (C=O) groups is 2. The average Bonchev–Trinajstić information content (AvgIpc) is 2.77. The molecule has 2 aliphatic heterocycles. The van der Waals surface area contributed by atoms with Gasteiger partial charge in [-0.15, -0.1) is 0 Å². The molecule has 1 aromatic heterocycles. The number of urea groups is 1. The van der Waals surface area contributed by atoms with Gasteiger partial charge in [0.25, 0.3) is 0 Å². The molecule has 0 radical (unpaired) electrons. The maximum Gasteiger partial charge on any atom is 0.318 e. The minimum atomic E-state index is -0.283. The fraction of sp³-hybridized carbons (Fsp3) is 0.727. The van der Waals surface area contributed by atoms with Crippen LogP contribution in [0, 0.1) is 0 Å². The summed E-state index contributed by atoms with van der Waals surface area (Å²) in [6.07, 6.45) is 0. The van der Waals surface area contributed by atoms with Crippen molar-refractivity contribution in [1.29, 1.82) is 0 Å². The Kier molecular flexibility index (Phi) is 9.64. The van der Waals surface area contributed by atoms with E-state index in [4.69, 9.17) is 16.3 Å². The minimum Gasteiger partial charge on any atom is -0.379 e. The Bertz CT molecular complexity index is 848. The van der Waals surface area contributed by atoms with Crippen molar-refractivity contribution in [3.8, 4) is 0 Å². The maximum atomic E-state index is 12.6. The van der Waals surface area contributed by atoms with Crippen molar-refractivity contribution >= 4 is 41.1 Å². The van der Waals surface area contributed by atoms with Crippen molar-refractivity contribution in [3.05, 3.63) is 11.2 Å². The lowest BCUT2D eigenvalue weighted by Crippen LogP contribution is -2.59. The summed E-state index contributed by atoms with van der Waals surface area (Å²) < 4.78 is 5.34. The fourth-order valence-electron chi connectivity index (χ4n) is 3.83. The van der Waals surface area contributed by atoms with Crippen molar-refractivity contribution < 1.29 is 14.3 Å². The lowest BCUT2D eigenvalue weighted by Gasteiger charge is -2.41. The van der Waals surface area contributed by atoms with Crippen LogP contribution in [0.1, 0.15) is 27.7 Å². The largest absolute Gasteiger partial charge is 0.379 e. The Hall–Kier alpha value is -1.82. The first-order chi connectivity index (χ1) is 16.1. The standard InChI is InChI=1S/C22H36ClN7O3S/c1-16-14-29(7-8-30(16)21(32)27-22(2,3)4)18-13-17(23)25-20(26-18)34-15-19(31)24-5-6-28-9-11-33-12-10-28/h13,16H,5-12,14-15H2,1-4H3,(H,24,31)(H,27,32). The molecule has 3 heterocycles. The van der Waals surface area contributed by atoms with Gasteiger partial charge >= 0.3 is 6.03 Å². The van der Waals surface area contributed by atoms with Crippen LogP contribution in [0.3, 0.4) is 0 Å². The van der Waals surface area contributed by atoms with E-state index in [0.29, 0.717) is 42.3 Å². The summed E-state index contributed by atoms with van der Waals surface area (Å²) in [5.74, 6) is 0.869. The molecule has 2 fully saturated rings. The summed E-state index contributed by atoms with van der Waals surface area (Å²) in [4.78, 5) is 40.0. The number of hydrogen-bond donors (Lipinski definition) is 2. The number of amides is 3. The number of nitrogens with zero attached hydrogens (tertiary/aromatic N) is 5. The number of rotatable bonds is 7. The second-order valence-electron chi connectivity index (χ2n) is 9.59. The Labute approximate surface area is 211 Å². The Balaban J connectivity index is 1.48. The van der Waals surface area contributed by atoms with Crippen LogP contribution in [-0.4, -0.2) is 108 Å². The van der Waals surface area contributed by atoms with Gasteiger partial charge in [0.2, 0.25) is 5.91 Å². The number of thioether (sulfide) groups is 1. The smallest absolute Gasteiger partial charge is 0.318 e. The summed E-state index contributed by atoms with van der Waals surface area (Å²) in [7, 11) is 0. The second-order valence-corrected chi connectivity index (χ2v) is 10.9. The zero-order chi connectivity index (χ0) is 24.7. The van der Waals surface area contributed by atoms with Gasteiger partial charge in [0.05, 0.1) is 19.0 Å². The Morgan fingerprint density at radius 3 is 2.62 bits per heavy atom. The highest BCUT2D eigenvalue weighted by Gasteiger charge is 2.30. The number of aromatic nitrogens is 2. The van der Waals surface area contributed by atoms with Crippen molar-refractivity contribution in [1.82, 2.24) is 30.4 Å². The molecule has 10 nitrogen and oxygen atoms in total. The molecule has 190 valence electrons. The third kappa shape index (κ3) is 8.44. The van der Waals surface area contributed by atoms with Gasteiger partial charge in [0.15, 0.2) is 5.16 Å². The number of anilines is 1. The highest BCUT2D eigenvalue weighted by Crippen LogP contribution is 2.24. The van der Waals surface area contributed by atoms with Crippen LogP contribution >= 0.6 is 23.4 Å². The van der Waals surface area contributed by atoms with Crippen molar-refractivity contribution in [2.24, 2.45) is 0 Å². The van der Waals surface area contributed by atoms with E-state index in [1.54, 1.807) is 6.07 Å². The highest BCUT2D eigenvalue weighted by molar-refractivity contribution is 7.99. The van der Waals surface area contributed by atoms with Crippen LogP contribution < -0.4 is 15.5 Å². The quantitative estimate of drug-likeness (QED) is 0.322. The van der Waals surface area contributed by atoms with E-state index in [9.17, 15) is 9.59 Å². The molecule has 12 heteroatoms. The van der Waals surface area contributed by atoms with Crippen LogP contribution in [-0.2, 0) is 9.53 Å². The number of carbonyl (C=O) groups excluding carboxylic acids is 2. The van der Waals surface area contributed by atoms with E-state index < -0.39 is 0 Å². The van der Waals surface area contributed by atoms with E-state index in [1.165, 1.54) is 11.8 Å². The lowest BCUT2D eigenvalue weighted by molar-refractivity contribution is -0.118. The molecule has 0 bridgehead atoms. The first-order valence-electron chi connectivity index (χ1n) is 11.7. The van der Waals surface area contributed by atoms with Crippen molar-refractivity contribution in [3.63, 3.8) is 0 Å². The van der Waals surface area contributed by atoms with Crippen molar-refractivity contribution in [2.45, 2.75) is 44.4 Å². The summed E-state index contributed by atoms with van der Waals surface area (Å²) >= 11 is 7.53. The maximum absolute atomic E-state index is 12.6. The molecule has 34 heavy (non-hydrogen) atoms. The molecule has 0 spiro atoms. The van der Waals surface area contributed by atoms with Gasteiger partial charge in [-0.1, -0.05) is 23.4 Å². The Morgan fingerprint density at radius 1 is 1.21 bits per heavy atom. The number of piperazine rings is 1. The molecular formula is C22H36ClN7O3S. The highest BCUT2D eigenvalue weighted by atomic mass is 35.5. The molecule has 0 aliphatic carbocycles. The van der Waals surface area contributed by atoms with E-state index in [1.807, 2.05) is 32.6 Å². The predicted molar refractivity (Wildman–Crippen MR) is 135 cm³/mol. The molecule has 3 rings (SSSR count). The first kappa shape index (κ1) is 26.8. The SMILES string of the molecule is CC1CN(c2cc(Cl)nc(SCC(=O)NCCN3CCOCC3)n2)CCN1C(=O)NC(C)(C)C. The van der Waals surface area contributed by atoms with Gasteiger partial charge in [-0.2, -0.15) is 0 Å². The van der Waals surface area contributed by atoms with Gasteiger partial charge in [0, 0.05) is 63.5 Å². The molecule has 1 aromatic rings. The molecular weight excluding hydrogens is 478 g/mol. The average molecular weight is 514 g/mol. The van der Waals surface area contributed by atoms with Gasteiger partial charge in [-0.05, 0) is 27.7 Å². The van der Waals surface area contributed by atoms with Crippen LogP contribution in [0.25, 0.3) is 0 Å². The number of ether oxygens (including phenoxy) is 1. The minimum absolute atomic E-state index is 0.0122. The molecule has 1 unspecified atom stereocenters. The summed E-state index contributed by atoms with van der Waals surface area (Å²) in [6.45, 7) is 14.5. The van der Waals surface area contributed by atoms with Gasteiger partial charge in [0.1, 0.15) is 11.0 Å². The van der Waals surface area contributed by atoms with Crippen molar-refractivity contribution in [2.75, 3.05) is 69.7 Å². The predicted octanol–water partition coefficient (Wildman–Crippen LogP) is 1.69. The summed E-state index contributed by atoms with van der Waals surface area (Å²) in [5.41, 5.74) is -0.283. The molecule has 2 saturated heterocycles. The van der Waals surface area contributed by atoms with Gasteiger partial charge < -0.3 is 25.2 Å². The van der Waals surface area contributed by atoms with Crippen LogP contribution in [0.2, 0.25) is 5.15 Å². The monoisotopic (exact) mass is 513 g/mol. The van der Waals surface area contributed by atoms with E-state index in [2.05, 4.69) is 30.4 Å². The summed E-state index contributed by atoms with van der Waals surface area (Å²) in [5, 5.41) is 6.77. The number of morpholine rings is 1. The van der Waals surface area contributed by atoms with Gasteiger partial charge in [-0.3, -0.25) is 9.69 Å². The number of halogens is 1. The lowest BCUT2D eigenvalue weighted by atomic mass is 10.1. The molecule has 2 aliphatic rings. The zero-order valence-corrected chi connectivity index (χ0v) is 22.0. The molecule has 0 saturated carbocycles. The first-order valence-corrected chi connectivity index (χ1v) is 13.0. The normalized spacial score (nSPS) is 19.7. The van der Waals surface area contributed by atoms with Crippen LogP contribution in [0.4, 0.5) is 10.6 Å². The Morgan fingerprint density at radius 2 is 1.94 bits per heavy atom. The van der Waals surface area contributed by atoms with Crippen LogP contribution in [0.5, 0.6) is 0 Å². The third-order valence-electron chi connectivity index (χ3n) is 5.54. The summed E-state index contributed by atoms with van der Waals surface area (Å²) in [6, 6.07) is 1.68. The number of hydrogen-bond acceptors (Lipinski definition) is 8. The topological polar surface area (TPSA) is 103 Å². The van der Waals surface area contributed by atoms with Gasteiger partial charge in [-0.25, -0.2) is 14.8 Å². The van der Waals surface area contributed by atoms with E-state index in [0.717, 1.165) is 32.8 Å². The molecule has 1 atom stereocenters. The molecule has 2 N–H and O–H groups in total. The van der Waals surface area contributed by atoms with Crippen LogP contribution in [0.15, 0.2) is 11.2 Å². The van der Waals surface area contributed by atoms with E-state index in [-0.39, 0.29) is 29.3 Å².